The van der Waals surface area contributed by atoms with Crippen molar-refractivity contribution in [1.29, 1.82) is 0 Å². The summed E-state index contributed by atoms with van der Waals surface area (Å²) in [6, 6.07) is 0. The molecular weight excluding hydrogens is 252 g/mol. The van der Waals surface area contributed by atoms with Gasteiger partial charge in [0.2, 0.25) is 5.95 Å². The molecule has 1 aliphatic heterocycles. The van der Waals surface area contributed by atoms with Crippen molar-refractivity contribution in [3.05, 3.63) is 11.3 Å². The normalized spacial score (nSPS) is 25.4. The summed E-state index contributed by atoms with van der Waals surface area (Å²) in [5.74, 6) is 1.44. The lowest BCUT2D eigenvalue weighted by atomic mass is 9.95. The minimum absolute atomic E-state index is 0.154. The first-order valence-corrected chi connectivity index (χ1v) is 7.53. The van der Waals surface area contributed by atoms with Crippen LogP contribution >= 0.6 is 0 Å². The van der Waals surface area contributed by atoms with Crippen LogP contribution in [0.5, 0.6) is 0 Å². The number of morpholine rings is 1. The molecule has 1 fully saturated rings. The Labute approximate surface area is 120 Å². The first-order valence-electron chi connectivity index (χ1n) is 7.53. The molecule has 110 valence electrons. The Hall–Kier alpha value is -1.36. The lowest BCUT2D eigenvalue weighted by Gasteiger charge is -2.43. The zero-order valence-corrected chi connectivity index (χ0v) is 12.6. The van der Waals surface area contributed by atoms with Gasteiger partial charge in [-0.2, -0.15) is 4.98 Å². The summed E-state index contributed by atoms with van der Waals surface area (Å²) in [6.07, 6.45) is 4.72. The average molecular weight is 276 g/mol. The van der Waals surface area contributed by atoms with Crippen molar-refractivity contribution in [2.45, 2.75) is 58.2 Å². The van der Waals surface area contributed by atoms with Gasteiger partial charge < -0.3 is 15.4 Å². The summed E-state index contributed by atoms with van der Waals surface area (Å²) in [4.78, 5) is 11.3. The van der Waals surface area contributed by atoms with Crippen molar-refractivity contribution < 1.29 is 4.74 Å². The van der Waals surface area contributed by atoms with E-state index in [4.69, 9.17) is 10.5 Å². The molecule has 0 aromatic carbocycles. The number of hydrogen-bond donors (Lipinski definition) is 1. The number of fused-ring (bicyclic) bond motifs is 1. The van der Waals surface area contributed by atoms with Gasteiger partial charge in [-0.3, -0.25) is 0 Å². The molecule has 0 bridgehead atoms. The lowest BCUT2D eigenvalue weighted by Crippen LogP contribution is -2.52. The SMILES string of the molecule is CC1CN(c2nc(N)nc3c2CCCC3)CC(C)(C)O1. The number of nitrogen functional groups attached to an aromatic ring is 1. The second-order valence-electron chi connectivity index (χ2n) is 6.61. The molecule has 0 radical (unpaired) electrons. The molecule has 5 nitrogen and oxygen atoms in total. The van der Waals surface area contributed by atoms with E-state index in [0.29, 0.717) is 5.95 Å². The Morgan fingerprint density at radius 3 is 2.75 bits per heavy atom. The van der Waals surface area contributed by atoms with E-state index in [9.17, 15) is 0 Å². The first-order chi connectivity index (χ1) is 9.44. The van der Waals surface area contributed by atoms with Gasteiger partial charge in [0.15, 0.2) is 0 Å². The number of anilines is 2. The van der Waals surface area contributed by atoms with Crippen LogP contribution in [0.3, 0.4) is 0 Å². The molecule has 2 aliphatic rings. The highest BCUT2D eigenvalue weighted by molar-refractivity contribution is 5.53. The average Bonchev–Trinajstić information content (AvgIpc) is 2.35. The van der Waals surface area contributed by atoms with Gasteiger partial charge in [-0.15, -0.1) is 0 Å². The van der Waals surface area contributed by atoms with E-state index in [-0.39, 0.29) is 11.7 Å². The number of aromatic nitrogens is 2. The molecule has 5 heteroatoms. The van der Waals surface area contributed by atoms with Gasteiger partial charge in [-0.25, -0.2) is 4.98 Å². The molecule has 2 heterocycles. The monoisotopic (exact) mass is 276 g/mol. The minimum atomic E-state index is -0.154. The van der Waals surface area contributed by atoms with Crippen LogP contribution in [0.2, 0.25) is 0 Å². The van der Waals surface area contributed by atoms with Crippen LogP contribution in [0.25, 0.3) is 0 Å². The number of aryl methyl sites for hydroxylation is 1. The fourth-order valence-corrected chi connectivity index (χ4v) is 3.47. The Balaban J connectivity index is 1.99. The van der Waals surface area contributed by atoms with Crippen LogP contribution in [0.15, 0.2) is 0 Å². The molecule has 0 amide bonds. The minimum Gasteiger partial charge on any atom is -0.369 e. The lowest BCUT2D eigenvalue weighted by molar-refractivity contribution is -0.0752. The quantitative estimate of drug-likeness (QED) is 0.849. The number of nitrogens with two attached hydrogens (primary N) is 1. The highest BCUT2D eigenvalue weighted by Crippen LogP contribution is 2.32. The number of rotatable bonds is 1. The number of ether oxygens (including phenoxy) is 1. The van der Waals surface area contributed by atoms with E-state index in [1.807, 2.05) is 0 Å². The Kier molecular flexibility index (Phi) is 3.32. The maximum atomic E-state index is 5.98. The Morgan fingerprint density at radius 2 is 2.00 bits per heavy atom. The molecule has 1 aromatic heterocycles. The number of hydrogen-bond acceptors (Lipinski definition) is 5. The molecule has 1 aliphatic carbocycles. The summed E-state index contributed by atoms with van der Waals surface area (Å²) in [7, 11) is 0. The van der Waals surface area contributed by atoms with E-state index in [1.54, 1.807) is 0 Å². The van der Waals surface area contributed by atoms with Crippen molar-refractivity contribution >= 4 is 11.8 Å². The van der Waals surface area contributed by atoms with Crippen molar-refractivity contribution in [1.82, 2.24) is 9.97 Å². The molecule has 0 spiro atoms. The van der Waals surface area contributed by atoms with E-state index in [2.05, 4.69) is 35.6 Å². The second kappa shape index (κ2) is 4.88. The maximum Gasteiger partial charge on any atom is 0.222 e. The molecule has 1 atom stereocenters. The first kappa shape index (κ1) is 13.6. The molecular formula is C15H24N4O. The smallest absolute Gasteiger partial charge is 0.222 e. The van der Waals surface area contributed by atoms with Crippen molar-refractivity contribution in [2.24, 2.45) is 0 Å². The van der Waals surface area contributed by atoms with Gasteiger partial charge in [0, 0.05) is 18.7 Å². The van der Waals surface area contributed by atoms with E-state index in [1.165, 1.54) is 18.4 Å². The molecule has 20 heavy (non-hydrogen) atoms. The molecule has 0 saturated carbocycles. The van der Waals surface area contributed by atoms with Crippen molar-refractivity contribution in [3.8, 4) is 0 Å². The topological polar surface area (TPSA) is 64.3 Å². The fraction of sp³-hybridized carbons (Fsp3) is 0.733. The zero-order chi connectivity index (χ0) is 14.3. The summed E-state index contributed by atoms with van der Waals surface area (Å²) >= 11 is 0. The zero-order valence-electron chi connectivity index (χ0n) is 12.6. The summed E-state index contributed by atoms with van der Waals surface area (Å²) < 4.78 is 5.98. The molecule has 1 unspecified atom stereocenters. The predicted molar refractivity (Wildman–Crippen MR) is 79.9 cm³/mol. The molecule has 1 aromatic rings. The fourth-order valence-electron chi connectivity index (χ4n) is 3.47. The largest absolute Gasteiger partial charge is 0.369 e. The van der Waals surface area contributed by atoms with Gasteiger partial charge in [-0.05, 0) is 46.5 Å². The second-order valence-corrected chi connectivity index (χ2v) is 6.61. The van der Waals surface area contributed by atoms with Gasteiger partial charge in [0.05, 0.1) is 17.4 Å². The van der Waals surface area contributed by atoms with E-state index < -0.39 is 0 Å². The third-order valence-corrected chi connectivity index (χ3v) is 4.05. The third-order valence-electron chi connectivity index (χ3n) is 4.05. The van der Waals surface area contributed by atoms with Crippen LogP contribution < -0.4 is 10.6 Å². The standard InChI is InChI=1S/C15H24N4O/c1-10-8-19(9-15(2,3)20-10)13-11-6-4-5-7-12(11)17-14(16)18-13/h10H,4-9H2,1-3H3,(H2,16,17,18). The van der Waals surface area contributed by atoms with Crippen LogP contribution in [-0.2, 0) is 17.6 Å². The third kappa shape index (κ3) is 2.59. The number of nitrogens with zero attached hydrogens (tertiary/aromatic N) is 3. The van der Waals surface area contributed by atoms with Gasteiger partial charge in [0.1, 0.15) is 5.82 Å². The van der Waals surface area contributed by atoms with E-state index in [0.717, 1.165) is 37.4 Å². The Morgan fingerprint density at radius 1 is 1.25 bits per heavy atom. The summed E-state index contributed by atoms with van der Waals surface area (Å²) in [5.41, 5.74) is 8.21. The maximum absolute atomic E-state index is 5.98. The molecule has 2 N–H and O–H groups in total. The van der Waals surface area contributed by atoms with E-state index >= 15 is 0 Å². The van der Waals surface area contributed by atoms with Gasteiger partial charge in [0.25, 0.3) is 0 Å². The molecule has 3 rings (SSSR count). The highest BCUT2D eigenvalue weighted by Gasteiger charge is 2.33. The van der Waals surface area contributed by atoms with Crippen LogP contribution in [0.4, 0.5) is 11.8 Å². The van der Waals surface area contributed by atoms with Crippen LogP contribution in [0.1, 0.15) is 44.9 Å². The predicted octanol–water partition coefficient (Wildman–Crippen LogP) is 1.94. The van der Waals surface area contributed by atoms with Crippen molar-refractivity contribution in [2.75, 3.05) is 23.7 Å². The molecule has 1 saturated heterocycles. The summed E-state index contributed by atoms with van der Waals surface area (Å²) in [5, 5.41) is 0. The van der Waals surface area contributed by atoms with Gasteiger partial charge >= 0.3 is 0 Å². The van der Waals surface area contributed by atoms with Crippen LogP contribution in [-0.4, -0.2) is 34.8 Å². The van der Waals surface area contributed by atoms with Crippen molar-refractivity contribution in [3.63, 3.8) is 0 Å². The van der Waals surface area contributed by atoms with Gasteiger partial charge in [-0.1, -0.05) is 0 Å². The Bertz CT molecular complexity index is 515. The van der Waals surface area contributed by atoms with Crippen LogP contribution in [0, 0.1) is 0 Å². The summed E-state index contributed by atoms with van der Waals surface area (Å²) in [6.45, 7) is 8.09. The highest BCUT2D eigenvalue weighted by atomic mass is 16.5.